The van der Waals surface area contributed by atoms with Crippen LogP contribution in [0.2, 0.25) is 0 Å². The molecule has 0 aliphatic carbocycles. The van der Waals surface area contributed by atoms with E-state index in [2.05, 4.69) is 0 Å². The third kappa shape index (κ3) is 3.31. The third-order valence-electron chi connectivity index (χ3n) is 5.83. The summed E-state index contributed by atoms with van der Waals surface area (Å²) in [6.45, 7) is 0.919. The van der Waals surface area contributed by atoms with E-state index in [0.717, 1.165) is 19.3 Å². The zero-order valence-corrected chi connectivity index (χ0v) is 17.3. The molecule has 8 nitrogen and oxygen atoms in total. The fraction of sp³-hybridized carbons (Fsp3) is 0.611. The van der Waals surface area contributed by atoms with Gasteiger partial charge in [0.25, 0.3) is 0 Å². The lowest BCUT2D eigenvalue weighted by molar-refractivity contribution is -0.117. The molecule has 2 unspecified atom stereocenters. The molecule has 154 valence electrons. The van der Waals surface area contributed by atoms with Crippen molar-refractivity contribution >= 4 is 31.5 Å². The summed E-state index contributed by atoms with van der Waals surface area (Å²) < 4.78 is 57.1. The molecule has 1 aromatic rings. The van der Waals surface area contributed by atoms with Gasteiger partial charge in [-0.1, -0.05) is 6.42 Å². The number of fused-ring (bicyclic) bond motifs is 1. The van der Waals surface area contributed by atoms with Crippen molar-refractivity contribution in [3.8, 4) is 5.75 Å². The standard InChI is InChI=1S/C18H24N2O6S2/c1-26-16-6-5-14(10-17(16)28(24,25)19-7-3-2-4-8-19)20-15-12-27(22,23)11-13(15)9-18(20)21/h5-6,10,13,15H,2-4,7-9,11-12H2,1H3. The summed E-state index contributed by atoms with van der Waals surface area (Å²) in [6.07, 6.45) is 2.80. The summed E-state index contributed by atoms with van der Waals surface area (Å²) in [4.78, 5) is 14.0. The Labute approximate surface area is 165 Å². The Balaban J connectivity index is 1.74. The van der Waals surface area contributed by atoms with Crippen molar-refractivity contribution in [3.05, 3.63) is 18.2 Å². The molecule has 3 saturated heterocycles. The van der Waals surface area contributed by atoms with Gasteiger partial charge in [0.15, 0.2) is 9.84 Å². The van der Waals surface area contributed by atoms with E-state index >= 15 is 0 Å². The van der Waals surface area contributed by atoms with Crippen molar-refractivity contribution in [2.75, 3.05) is 36.6 Å². The van der Waals surface area contributed by atoms with Crippen molar-refractivity contribution in [3.63, 3.8) is 0 Å². The number of sulfonamides is 1. The highest BCUT2D eigenvalue weighted by Gasteiger charge is 2.49. The number of benzene rings is 1. The maximum absolute atomic E-state index is 13.2. The van der Waals surface area contributed by atoms with Crippen LogP contribution in [-0.2, 0) is 24.7 Å². The fourth-order valence-corrected chi connectivity index (χ4v) is 8.25. The van der Waals surface area contributed by atoms with Gasteiger partial charge in [0.1, 0.15) is 10.6 Å². The second kappa shape index (κ2) is 7.00. The average molecular weight is 429 g/mol. The molecule has 1 aromatic carbocycles. The Morgan fingerprint density at radius 3 is 2.50 bits per heavy atom. The van der Waals surface area contributed by atoms with Gasteiger partial charge in [-0.2, -0.15) is 4.31 Å². The molecule has 0 radical (unpaired) electrons. The van der Waals surface area contributed by atoms with Gasteiger partial charge in [-0.05, 0) is 31.0 Å². The number of anilines is 1. The number of amides is 1. The lowest BCUT2D eigenvalue weighted by atomic mass is 10.0. The number of carbonyl (C=O) groups is 1. The average Bonchev–Trinajstić information content (AvgIpc) is 3.11. The molecule has 0 aromatic heterocycles. The normalized spacial score (nSPS) is 27.8. The Hall–Kier alpha value is -1.65. The zero-order valence-electron chi connectivity index (χ0n) is 15.7. The topological polar surface area (TPSA) is 101 Å². The van der Waals surface area contributed by atoms with Gasteiger partial charge >= 0.3 is 0 Å². The van der Waals surface area contributed by atoms with Crippen LogP contribution >= 0.6 is 0 Å². The van der Waals surface area contributed by atoms with Crippen LogP contribution in [-0.4, -0.2) is 64.8 Å². The maximum Gasteiger partial charge on any atom is 0.246 e. The van der Waals surface area contributed by atoms with E-state index in [4.69, 9.17) is 4.74 Å². The summed E-state index contributed by atoms with van der Waals surface area (Å²) in [6, 6.07) is 4.18. The van der Waals surface area contributed by atoms with Crippen molar-refractivity contribution in [1.29, 1.82) is 0 Å². The van der Waals surface area contributed by atoms with Crippen molar-refractivity contribution in [1.82, 2.24) is 4.31 Å². The van der Waals surface area contributed by atoms with Crippen molar-refractivity contribution in [2.24, 2.45) is 5.92 Å². The predicted molar refractivity (Wildman–Crippen MR) is 104 cm³/mol. The Bertz CT molecular complexity index is 999. The van der Waals surface area contributed by atoms with Crippen LogP contribution in [0.3, 0.4) is 0 Å². The summed E-state index contributed by atoms with van der Waals surface area (Å²) in [5.74, 6) is -0.256. The largest absolute Gasteiger partial charge is 0.495 e. The Morgan fingerprint density at radius 2 is 1.82 bits per heavy atom. The molecule has 10 heteroatoms. The second-order valence-corrected chi connectivity index (χ2v) is 11.7. The zero-order chi connectivity index (χ0) is 20.1. The van der Waals surface area contributed by atoms with E-state index in [-0.39, 0.29) is 40.4 Å². The van der Waals surface area contributed by atoms with Crippen LogP contribution in [0.25, 0.3) is 0 Å². The molecule has 1 amide bonds. The van der Waals surface area contributed by atoms with Crippen LogP contribution in [0.1, 0.15) is 25.7 Å². The highest BCUT2D eigenvalue weighted by Crippen LogP contribution is 2.40. The molecular weight excluding hydrogens is 404 g/mol. The maximum atomic E-state index is 13.2. The van der Waals surface area contributed by atoms with Crippen LogP contribution in [0.15, 0.2) is 23.1 Å². The fourth-order valence-electron chi connectivity index (χ4n) is 4.49. The van der Waals surface area contributed by atoms with E-state index in [1.165, 1.54) is 28.4 Å². The molecular formula is C18H24N2O6S2. The van der Waals surface area contributed by atoms with Crippen molar-refractivity contribution in [2.45, 2.75) is 36.6 Å². The Morgan fingerprint density at radius 1 is 1.11 bits per heavy atom. The molecule has 3 aliphatic heterocycles. The molecule has 2 atom stereocenters. The quantitative estimate of drug-likeness (QED) is 0.710. The van der Waals surface area contributed by atoms with Gasteiger partial charge < -0.3 is 9.64 Å². The molecule has 3 fully saturated rings. The summed E-state index contributed by atoms with van der Waals surface area (Å²) in [5.41, 5.74) is 0.408. The number of ether oxygens (including phenoxy) is 1. The first-order valence-corrected chi connectivity index (χ1v) is 12.7. The van der Waals surface area contributed by atoms with Crippen LogP contribution in [0.4, 0.5) is 5.69 Å². The van der Waals surface area contributed by atoms with E-state index < -0.39 is 25.9 Å². The van der Waals surface area contributed by atoms with E-state index in [1.807, 2.05) is 0 Å². The number of rotatable bonds is 4. The number of methoxy groups -OCH3 is 1. The number of hydrogen-bond donors (Lipinski definition) is 0. The molecule has 0 saturated carbocycles. The summed E-state index contributed by atoms with van der Waals surface area (Å²) in [7, 11) is -5.54. The highest BCUT2D eigenvalue weighted by molar-refractivity contribution is 7.91. The number of carbonyl (C=O) groups excluding carboxylic acids is 1. The van der Waals surface area contributed by atoms with Crippen LogP contribution in [0.5, 0.6) is 5.75 Å². The van der Waals surface area contributed by atoms with Gasteiger partial charge in [0.2, 0.25) is 15.9 Å². The molecule has 3 heterocycles. The van der Waals surface area contributed by atoms with E-state index in [1.54, 1.807) is 6.07 Å². The first-order valence-electron chi connectivity index (χ1n) is 9.43. The molecule has 28 heavy (non-hydrogen) atoms. The predicted octanol–water partition coefficient (Wildman–Crippen LogP) is 1.02. The first kappa shape index (κ1) is 19.7. The van der Waals surface area contributed by atoms with Gasteiger partial charge in [-0.25, -0.2) is 16.8 Å². The number of hydrogen-bond acceptors (Lipinski definition) is 6. The number of nitrogens with zero attached hydrogens (tertiary/aromatic N) is 2. The smallest absolute Gasteiger partial charge is 0.246 e. The van der Waals surface area contributed by atoms with Gasteiger partial charge in [-0.3, -0.25) is 4.79 Å². The minimum Gasteiger partial charge on any atom is -0.495 e. The second-order valence-electron chi connectivity index (χ2n) is 7.67. The van der Waals surface area contributed by atoms with E-state index in [0.29, 0.717) is 18.8 Å². The van der Waals surface area contributed by atoms with E-state index in [9.17, 15) is 21.6 Å². The van der Waals surface area contributed by atoms with Crippen LogP contribution < -0.4 is 9.64 Å². The molecule has 0 spiro atoms. The number of piperidine rings is 1. The molecule has 4 rings (SSSR count). The molecule has 3 aliphatic rings. The molecule has 0 N–H and O–H groups in total. The SMILES string of the molecule is COc1ccc(N2C(=O)CC3CS(=O)(=O)CC32)cc1S(=O)(=O)N1CCCCC1. The van der Waals surface area contributed by atoms with Crippen molar-refractivity contribution < 1.29 is 26.4 Å². The van der Waals surface area contributed by atoms with Gasteiger partial charge in [-0.15, -0.1) is 0 Å². The minimum absolute atomic E-state index is 0.00892. The van der Waals surface area contributed by atoms with Gasteiger partial charge in [0, 0.05) is 31.1 Å². The first-order chi connectivity index (χ1) is 13.2. The Kier molecular flexibility index (Phi) is 4.91. The minimum atomic E-state index is -3.77. The summed E-state index contributed by atoms with van der Waals surface area (Å²) >= 11 is 0. The third-order valence-corrected chi connectivity index (χ3v) is 9.54. The lowest BCUT2D eigenvalue weighted by Gasteiger charge is -2.28. The highest BCUT2D eigenvalue weighted by atomic mass is 32.2. The van der Waals surface area contributed by atoms with Crippen LogP contribution in [0, 0.1) is 5.92 Å². The number of sulfone groups is 1. The van der Waals surface area contributed by atoms with Gasteiger partial charge in [0.05, 0.1) is 24.7 Å². The lowest BCUT2D eigenvalue weighted by Crippen LogP contribution is -2.37. The molecule has 0 bridgehead atoms. The monoisotopic (exact) mass is 428 g/mol. The summed E-state index contributed by atoms with van der Waals surface area (Å²) in [5, 5.41) is 0.